The number of carboxylic acids is 1. The van der Waals surface area contributed by atoms with Crippen molar-refractivity contribution in [1.29, 1.82) is 0 Å². The number of rotatable bonds is 3. The number of hydrogen-bond donors (Lipinski definition) is 1. The molecule has 0 bridgehead atoms. The van der Waals surface area contributed by atoms with Crippen LogP contribution < -0.4 is 0 Å². The second kappa shape index (κ2) is 5.83. The Morgan fingerprint density at radius 3 is 2.47 bits per heavy atom. The van der Waals surface area contributed by atoms with Crippen LogP contribution in [0.5, 0.6) is 0 Å². The van der Waals surface area contributed by atoms with Gasteiger partial charge in [0.1, 0.15) is 6.04 Å². The molecule has 0 aromatic carbocycles. The third-order valence-electron chi connectivity index (χ3n) is 4.29. The van der Waals surface area contributed by atoms with Crippen LogP contribution in [0.15, 0.2) is 0 Å². The Morgan fingerprint density at radius 2 is 1.82 bits per heavy atom. The topological polar surface area (TPSA) is 43.8 Å². The summed E-state index contributed by atoms with van der Waals surface area (Å²) in [5.41, 5.74) is 0. The minimum absolute atomic E-state index is 0.327. The van der Waals surface area contributed by atoms with Gasteiger partial charge in [-0.05, 0) is 58.7 Å². The first-order chi connectivity index (χ1) is 8.18. The van der Waals surface area contributed by atoms with Crippen molar-refractivity contribution in [2.24, 2.45) is 0 Å². The van der Waals surface area contributed by atoms with Crippen molar-refractivity contribution in [2.45, 2.75) is 51.1 Å². The van der Waals surface area contributed by atoms with Crippen LogP contribution in [-0.4, -0.2) is 59.1 Å². The molecule has 0 saturated carbocycles. The highest BCUT2D eigenvalue weighted by atomic mass is 16.4. The van der Waals surface area contributed by atoms with E-state index < -0.39 is 5.97 Å². The molecule has 17 heavy (non-hydrogen) atoms. The molecule has 2 rings (SSSR count). The van der Waals surface area contributed by atoms with Crippen LogP contribution in [-0.2, 0) is 4.79 Å². The van der Waals surface area contributed by atoms with Gasteiger partial charge >= 0.3 is 5.97 Å². The Balaban J connectivity index is 1.86. The predicted octanol–water partition coefficient (Wildman–Crippen LogP) is 1.41. The summed E-state index contributed by atoms with van der Waals surface area (Å²) in [5, 5.41) is 9.05. The van der Waals surface area contributed by atoms with E-state index in [-0.39, 0.29) is 6.04 Å². The van der Waals surface area contributed by atoms with E-state index in [4.69, 9.17) is 5.11 Å². The summed E-state index contributed by atoms with van der Waals surface area (Å²) in [5.74, 6) is -0.690. The van der Waals surface area contributed by atoms with Crippen molar-refractivity contribution in [2.75, 3.05) is 26.2 Å². The summed E-state index contributed by atoms with van der Waals surface area (Å²) >= 11 is 0. The van der Waals surface area contributed by atoms with Crippen molar-refractivity contribution in [3.05, 3.63) is 0 Å². The molecule has 4 heteroatoms. The standard InChI is InChI=1S/C13H24N2O2/c1-11(13(16)17)14-9-4-5-12(6-10-14)15-7-2-3-8-15/h11-12H,2-10H2,1H3,(H,16,17). The molecule has 2 fully saturated rings. The van der Waals surface area contributed by atoms with Gasteiger partial charge in [0, 0.05) is 12.6 Å². The largest absolute Gasteiger partial charge is 0.480 e. The van der Waals surface area contributed by atoms with Crippen LogP contribution in [0.1, 0.15) is 39.0 Å². The van der Waals surface area contributed by atoms with E-state index in [0.717, 1.165) is 25.9 Å². The van der Waals surface area contributed by atoms with Gasteiger partial charge < -0.3 is 10.0 Å². The molecule has 2 saturated heterocycles. The molecular formula is C13H24N2O2. The fraction of sp³-hybridized carbons (Fsp3) is 0.923. The zero-order chi connectivity index (χ0) is 12.3. The van der Waals surface area contributed by atoms with E-state index in [9.17, 15) is 4.79 Å². The minimum atomic E-state index is -0.690. The van der Waals surface area contributed by atoms with Gasteiger partial charge in [0.25, 0.3) is 0 Å². The smallest absolute Gasteiger partial charge is 0.320 e. The van der Waals surface area contributed by atoms with Crippen molar-refractivity contribution < 1.29 is 9.90 Å². The van der Waals surface area contributed by atoms with Crippen LogP contribution in [0.25, 0.3) is 0 Å². The molecule has 0 aromatic rings. The quantitative estimate of drug-likeness (QED) is 0.810. The lowest BCUT2D eigenvalue weighted by Crippen LogP contribution is -2.40. The lowest BCUT2D eigenvalue weighted by molar-refractivity contribution is -0.142. The number of aliphatic carboxylic acids is 1. The number of likely N-dealkylation sites (tertiary alicyclic amines) is 2. The van der Waals surface area contributed by atoms with Crippen LogP contribution in [0.2, 0.25) is 0 Å². The van der Waals surface area contributed by atoms with Crippen molar-refractivity contribution >= 4 is 5.97 Å². The Kier molecular flexibility index (Phi) is 4.40. The van der Waals surface area contributed by atoms with Crippen LogP contribution in [0, 0.1) is 0 Å². The molecule has 0 aliphatic carbocycles. The van der Waals surface area contributed by atoms with Gasteiger partial charge in [-0.3, -0.25) is 9.69 Å². The maximum atomic E-state index is 11.0. The second-order valence-corrected chi connectivity index (χ2v) is 5.38. The van der Waals surface area contributed by atoms with Gasteiger partial charge in [-0.1, -0.05) is 0 Å². The summed E-state index contributed by atoms with van der Waals surface area (Å²) in [4.78, 5) is 15.7. The molecule has 0 aromatic heterocycles. The average molecular weight is 240 g/mol. The monoisotopic (exact) mass is 240 g/mol. The first kappa shape index (κ1) is 12.8. The van der Waals surface area contributed by atoms with Crippen LogP contribution in [0.4, 0.5) is 0 Å². The Bertz CT molecular complexity index is 264. The first-order valence-corrected chi connectivity index (χ1v) is 6.89. The number of carbonyl (C=O) groups is 1. The van der Waals surface area contributed by atoms with Crippen molar-refractivity contribution in [3.8, 4) is 0 Å². The summed E-state index contributed by atoms with van der Waals surface area (Å²) in [6, 6.07) is 0.371. The average Bonchev–Trinajstić information content (AvgIpc) is 2.73. The maximum absolute atomic E-state index is 11.0. The molecule has 2 aliphatic heterocycles. The fourth-order valence-electron chi connectivity index (χ4n) is 3.12. The first-order valence-electron chi connectivity index (χ1n) is 6.89. The zero-order valence-electron chi connectivity index (χ0n) is 10.8. The number of carboxylic acid groups (broad SMARTS) is 1. The van der Waals surface area contributed by atoms with E-state index in [2.05, 4.69) is 9.80 Å². The van der Waals surface area contributed by atoms with Crippen molar-refractivity contribution in [1.82, 2.24) is 9.80 Å². The molecule has 98 valence electrons. The van der Waals surface area contributed by atoms with Gasteiger partial charge in [-0.2, -0.15) is 0 Å². The highest BCUT2D eigenvalue weighted by Gasteiger charge is 2.27. The summed E-state index contributed by atoms with van der Waals surface area (Å²) in [6.45, 7) is 6.18. The molecule has 2 heterocycles. The second-order valence-electron chi connectivity index (χ2n) is 5.38. The van der Waals surface area contributed by atoms with Crippen molar-refractivity contribution in [3.63, 3.8) is 0 Å². The van der Waals surface area contributed by atoms with Gasteiger partial charge in [0.05, 0.1) is 0 Å². The Labute approximate surface area is 104 Å². The molecule has 4 nitrogen and oxygen atoms in total. The zero-order valence-corrected chi connectivity index (χ0v) is 10.8. The van der Waals surface area contributed by atoms with Gasteiger partial charge in [0.15, 0.2) is 0 Å². The lowest BCUT2D eigenvalue weighted by atomic mass is 10.1. The van der Waals surface area contributed by atoms with Crippen LogP contribution in [0.3, 0.4) is 0 Å². The molecule has 2 aliphatic rings. The molecule has 2 unspecified atom stereocenters. The SMILES string of the molecule is CC(C(=O)O)N1CCCC(N2CCCC2)CC1. The Morgan fingerprint density at radius 1 is 1.12 bits per heavy atom. The van der Waals surface area contributed by atoms with E-state index >= 15 is 0 Å². The third kappa shape index (κ3) is 3.19. The molecule has 2 atom stereocenters. The summed E-state index contributed by atoms with van der Waals surface area (Å²) in [6.07, 6.45) is 6.19. The van der Waals surface area contributed by atoms with Gasteiger partial charge in [-0.25, -0.2) is 0 Å². The predicted molar refractivity (Wildman–Crippen MR) is 67.1 cm³/mol. The number of nitrogens with zero attached hydrogens (tertiary/aromatic N) is 2. The van der Waals surface area contributed by atoms with E-state index in [1.807, 2.05) is 0 Å². The van der Waals surface area contributed by atoms with Gasteiger partial charge in [0.2, 0.25) is 0 Å². The minimum Gasteiger partial charge on any atom is -0.480 e. The molecule has 1 N–H and O–H groups in total. The normalized spacial score (nSPS) is 30.1. The van der Waals surface area contributed by atoms with E-state index in [0.29, 0.717) is 6.04 Å². The number of hydrogen-bond acceptors (Lipinski definition) is 3. The molecule has 0 amide bonds. The Hall–Kier alpha value is -0.610. The van der Waals surface area contributed by atoms with E-state index in [1.54, 1.807) is 6.92 Å². The molecule has 0 spiro atoms. The van der Waals surface area contributed by atoms with Crippen LogP contribution >= 0.6 is 0 Å². The molecule has 0 radical (unpaired) electrons. The van der Waals surface area contributed by atoms with Gasteiger partial charge in [-0.15, -0.1) is 0 Å². The molecular weight excluding hydrogens is 216 g/mol. The fourth-order valence-corrected chi connectivity index (χ4v) is 3.12. The maximum Gasteiger partial charge on any atom is 0.320 e. The summed E-state index contributed by atoms with van der Waals surface area (Å²) in [7, 11) is 0. The lowest BCUT2D eigenvalue weighted by Gasteiger charge is -2.27. The highest BCUT2D eigenvalue weighted by Crippen LogP contribution is 2.22. The third-order valence-corrected chi connectivity index (χ3v) is 4.29. The highest BCUT2D eigenvalue weighted by molar-refractivity contribution is 5.72. The summed E-state index contributed by atoms with van der Waals surface area (Å²) < 4.78 is 0. The van der Waals surface area contributed by atoms with E-state index in [1.165, 1.54) is 32.4 Å².